The quantitative estimate of drug-likeness (QED) is 0.469. The largest absolute Gasteiger partial charge is 0.490 e. The summed E-state index contributed by atoms with van der Waals surface area (Å²) in [6.45, 7) is 13.0. The second-order valence-corrected chi connectivity index (χ2v) is 13.3. The molecule has 0 spiro atoms. The molecule has 12 heteroatoms. The van der Waals surface area contributed by atoms with E-state index in [0.717, 1.165) is 36.7 Å². The molecule has 2 saturated heterocycles. The zero-order valence-electron chi connectivity index (χ0n) is 25.3. The highest BCUT2D eigenvalue weighted by Gasteiger charge is 2.56. The van der Waals surface area contributed by atoms with Gasteiger partial charge in [-0.05, 0) is 42.9 Å². The summed E-state index contributed by atoms with van der Waals surface area (Å²) < 4.78 is 56.7. The third-order valence-electron chi connectivity index (χ3n) is 8.52. The van der Waals surface area contributed by atoms with Crippen molar-refractivity contribution >= 4 is 12.0 Å². The molecule has 1 aromatic carbocycles. The van der Waals surface area contributed by atoms with Crippen molar-refractivity contribution in [2.24, 2.45) is 17.5 Å². The van der Waals surface area contributed by atoms with E-state index in [2.05, 4.69) is 4.99 Å². The first-order valence-electron chi connectivity index (χ1n) is 14.2. The molecule has 42 heavy (non-hydrogen) atoms. The van der Waals surface area contributed by atoms with Crippen LogP contribution in [0.3, 0.4) is 0 Å². The lowest BCUT2D eigenvalue weighted by atomic mass is 9.66. The Morgan fingerprint density at radius 1 is 1.14 bits per heavy atom. The zero-order chi connectivity index (χ0) is 31.3. The Morgan fingerprint density at radius 3 is 2.33 bits per heavy atom. The van der Waals surface area contributed by atoms with Crippen LogP contribution in [0.2, 0.25) is 0 Å². The molecule has 1 aromatic heterocycles. The third-order valence-corrected chi connectivity index (χ3v) is 8.52. The molecule has 2 atom stereocenters. The van der Waals surface area contributed by atoms with Gasteiger partial charge in [-0.3, -0.25) is 19.1 Å². The van der Waals surface area contributed by atoms with Crippen molar-refractivity contribution in [1.29, 1.82) is 0 Å². The number of likely N-dealkylation sites (tertiary alicyclic amines) is 1. The van der Waals surface area contributed by atoms with E-state index in [9.17, 15) is 27.9 Å². The van der Waals surface area contributed by atoms with Crippen LogP contribution in [0.25, 0.3) is 0 Å². The second kappa shape index (κ2) is 11.1. The standard InChI is InChI=1S/C30H41F3N4O5/c1-27(2,3)23-16-24(37(35(23)7)17-20-9-8-14-41-20)34-25(38)21-15-19(30(31,32)33)10-11-22(21)42-18-29(28(4,5)6)12-13-36(29)26(39)40/h10-11,15-16,20H,8-9,12-14,17-18H2,1-7H3,(H,39,40)/t20-,29-/m1/s1. The number of carbonyl (C=O) groups is 2. The molecule has 2 aromatic rings. The lowest BCUT2D eigenvalue weighted by Gasteiger charge is -2.58. The highest BCUT2D eigenvalue weighted by atomic mass is 19.4. The number of ether oxygens (including phenoxy) is 2. The molecule has 232 valence electrons. The number of hydrogen-bond acceptors (Lipinski definition) is 4. The molecule has 0 bridgehead atoms. The Bertz CT molecular complexity index is 1410. The molecular formula is C30H41F3N4O5. The molecular weight excluding hydrogens is 553 g/mol. The molecule has 0 saturated carbocycles. The van der Waals surface area contributed by atoms with E-state index in [1.54, 1.807) is 6.07 Å². The number of halogens is 3. The van der Waals surface area contributed by atoms with Crippen LogP contribution in [0.15, 0.2) is 29.3 Å². The van der Waals surface area contributed by atoms with Crippen LogP contribution >= 0.6 is 0 Å². The van der Waals surface area contributed by atoms with Crippen LogP contribution in [-0.2, 0) is 29.9 Å². The lowest BCUT2D eigenvalue weighted by Crippen LogP contribution is -2.70. The van der Waals surface area contributed by atoms with Crippen molar-refractivity contribution in [3.8, 4) is 5.75 Å². The number of benzene rings is 1. The van der Waals surface area contributed by atoms with E-state index >= 15 is 0 Å². The summed E-state index contributed by atoms with van der Waals surface area (Å²) >= 11 is 0. The number of carbonyl (C=O) groups excluding carboxylic acids is 1. The van der Waals surface area contributed by atoms with Crippen molar-refractivity contribution in [3.63, 3.8) is 0 Å². The number of alkyl halides is 3. The minimum atomic E-state index is -4.69. The van der Waals surface area contributed by atoms with Gasteiger partial charge in [0.05, 0.1) is 29.3 Å². The van der Waals surface area contributed by atoms with Crippen LogP contribution in [0, 0.1) is 5.41 Å². The minimum Gasteiger partial charge on any atom is -0.490 e. The maximum absolute atomic E-state index is 13.7. The Labute approximate surface area is 243 Å². The van der Waals surface area contributed by atoms with Gasteiger partial charge >= 0.3 is 12.3 Å². The lowest BCUT2D eigenvalue weighted by molar-refractivity contribution is -0.137. The molecule has 0 unspecified atom stereocenters. The Kier molecular flexibility index (Phi) is 8.36. The van der Waals surface area contributed by atoms with Gasteiger partial charge in [0.25, 0.3) is 5.91 Å². The van der Waals surface area contributed by atoms with Crippen LogP contribution in [0.4, 0.5) is 18.0 Å². The predicted octanol–water partition coefficient (Wildman–Crippen LogP) is 5.61. The molecule has 3 heterocycles. The Balaban J connectivity index is 1.77. The van der Waals surface area contributed by atoms with Crippen LogP contribution < -0.4 is 10.2 Å². The molecule has 0 aliphatic carbocycles. The van der Waals surface area contributed by atoms with Crippen LogP contribution in [0.1, 0.15) is 82.4 Å². The van der Waals surface area contributed by atoms with E-state index in [-0.39, 0.29) is 29.4 Å². The fraction of sp³-hybridized carbons (Fsp3) is 0.633. The number of rotatable bonds is 6. The van der Waals surface area contributed by atoms with Gasteiger partial charge in [-0.15, -0.1) is 0 Å². The first-order valence-corrected chi connectivity index (χ1v) is 14.2. The van der Waals surface area contributed by atoms with Gasteiger partial charge < -0.3 is 14.6 Å². The summed E-state index contributed by atoms with van der Waals surface area (Å²) in [5, 5.41) is 9.73. The maximum atomic E-state index is 13.7. The van der Waals surface area contributed by atoms with E-state index < -0.39 is 34.7 Å². The molecule has 2 fully saturated rings. The minimum absolute atomic E-state index is 0.0684. The molecule has 2 amide bonds. The monoisotopic (exact) mass is 594 g/mol. The molecule has 2 aliphatic heterocycles. The average molecular weight is 595 g/mol. The Morgan fingerprint density at radius 2 is 1.83 bits per heavy atom. The molecule has 9 nitrogen and oxygen atoms in total. The predicted molar refractivity (Wildman–Crippen MR) is 149 cm³/mol. The molecule has 2 aliphatic rings. The fourth-order valence-electron chi connectivity index (χ4n) is 5.84. The number of hydrogen-bond donors (Lipinski definition) is 1. The fourth-order valence-corrected chi connectivity index (χ4v) is 5.84. The number of amides is 2. The summed E-state index contributed by atoms with van der Waals surface area (Å²) in [5.74, 6) is -0.980. The van der Waals surface area contributed by atoms with Crippen LogP contribution in [-0.4, -0.2) is 62.8 Å². The van der Waals surface area contributed by atoms with Crippen LogP contribution in [0.5, 0.6) is 5.75 Å². The summed E-state index contributed by atoms with van der Waals surface area (Å²) in [4.78, 5) is 31.2. The topological polar surface area (TPSA) is 98.3 Å². The first kappa shape index (κ1) is 31.7. The number of nitrogens with zero attached hydrogens (tertiary/aromatic N) is 4. The summed E-state index contributed by atoms with van der Waals surface area (Å²) in [5.41, 5.74) is -1.92. The van der Waals surface area contributed by atoms with Crippen molar-refractivity contribution in [3.05, 3.63) is 46.6 Å². The van der Waals surface area contributed by atoms with Crippen molar-refractivity contribution in [2.45, 2.75) is 90.6 Å². The average Bonchev–Trinajstić information content (AvgIpc) is 3.45. The molecule has 1 N–H and O–H groups in total. The van der Waals surface area contributed by atoms with Gasteiger partial charge in [0, 0.05) is 37.4 Å². The van der Waals surface area contributed by atoms with Gasteiger partial charge in [0.2, 0.25) is 0 Å². The Hall–Kier alpha value is -3.28. The highest BCUT2D eigenvalue weighted by Crippen LogP contribution is 2.46. The normalized spacial score (nSPS) is 21.9. The van der Waals surface area contributed by atoms with Gasteiger partial charge in [-0.2, -0.15) is 18.2 Å². The van der Waals surface area contributed by atoms with Crippen molar-refractivity contribution in [1.82, 2.24) is 14.3 Å². The van der Waals surface area contributed by atoms with E-state index in [1.165, 1.54) is 4.90 Å². The van der Waals surface area contributed by atoms with Crippen molar-refractivity contribution in [2.75, 3.05) is 19.8 Å². The maximum Gasteiger partial charge on any atom is 0.416 e. The van der Waals surface area contributed by atoms with E-state index in [0.29, 0.717) is 31.6 Å². The van der Waals surface area contributed by atoms with Gasteiger partial charge in [0.15, 0.2) is 5.49 Å². The summed E-state index contributed by atoms with van der Waals surface area (Å²) in [7, 11) is 1.86. The van der Waals surface area contributed by atoms with Crippen molar-refractivity contribution < 1.29 is 37.3 Å². The second-order valence-electron chi connectivity index (χ2n) is 13.3. The number of aromatic nitrogens is 2. The first-order chi connectivity index (χ1) is 19.3. The summed E-state index contributed by atoms with van der Waals surface area (Å²) in [6, 6.07) is 4.48. The molecule has 0 radical (unpaired) electrons. The smallest absolute Gasteiger partial charge is 0.416 e. The summed E-state index contributed by atoms with van der Waals surface area (Å²) in [6.07, 6.45) is -3.58. The third kappa shape index (κ3) is 6.09. The van der Waals surface area contributed by atoms with Gasteiger partial charge in [0.1, 0.15) is 12.4 Å². The zero-order valence-corrected chi connectivity index (χ0v) is 25.3. The number of carboxylic acid groups (broad SMARTS) is 1. The van der Waals surface area contributed by atoms with E-state index in [4.69, 9.17) is 9.47 Å². The van der Waals surface area contributed by atoms with E-state index in [1.807, 2.05) is 58.0 Å². The highest BCUT2D eigenvalue weighted by molar-refractivity contribution is 5.97. The van der Waals surface area contributed by atoms with Gasteiger partial charge in [-0.25, -0.2) is 4.79 Å². The van der Waals surface area contributed by atoms with Gasteiger partial charge in [-0.1, -0.05) is 41.5 Å². The SMILES string of the molecule is Cn1c(C(C)(C)C)cc(=NC(=O)c2cc(C(F)(F)F)ccc2OC[C@@]2(C(C)(C)C)CCN2C(=O)O)n1C[C@H]1CCCO1. The molecule has 4 rings (SSSR count).